The van der Waals surface area contributed by atoms with E-state index in [1.165, 1.54) is 24.3 Å². The monoisotopic (exact) mass is 375 g/mol. The third-order valence-electron chi connectivity index (χ3n) is 2.63. The first-order chi connectivity index (χ1) is 9.63. The van der Waals surface area contributed by atoms with E-state index in [9.17, 15) is 21.4 Å². The fraction of sp³-hybridized carbons (Fsp3) is 0.500. The molecule has 10 heteroatoms. The molecule has 0 saturated heterocycles. The van der Waals surface area contributed by atoms with Crippen molar-refractivity contribution in [1.29, 1.82) is 0 Å². The molecule has 0 fully saturated rings. The number of sulfonamides is 1. The van der Waals surface area contributed by atoms with E-state index in [1.54, 1.807) is 13.8 Å². The van der Waals surface area contributed by atoms with Crippen molar-refractivity contribution in [2.24, 2.45) is 0 Å². The number of ether oxygens (including phenoxy) is 1. The van der Waals surface area contributed by atoms with Crippen molar-refractivity contribution in [3.05, 3.63) is 24.3 Å². The van der Waals surface area contributed by atoms with E-state index in [2.05, 4.69) is 4.72 Å². The quantitative estimate of drug-likeness (QED) is 0.310. The van der Waals surface area contributed by atoms with Gasteiger partial charge in [0.25, 0.3) is 0 Å². The molecule has 1 aromatic carbocycles. The minimum atomic E-state index is -4.46. The maximum absolute atomic E-state index is 11.5. The molecule has 0 heterocycles. The second kappa shape index (κ2) is 9.69. The molecule has 0 radical (unpaired) electrons. The van der Waals surface area contributed by atoms with Crippen LogP contribution in [0.5, 0.6) is 5.75 Å². The third kappa shape index (κ3) is 7.84. The predicted octanol–water partition coefficient (Wildman–Crippen LogP) is -2.31. The molecule has 1 N–H and O–H groups in total. The maximum Gasteiger partial charge on any atom is 1.00 e. The van der Waals surface area contributed by atoms with E-state index in [0.717, 1.165) is 0 Å². The van der Waals surface area contributed by atoms with Crippen LogP contribution in [0.2, 0.25) is 0 Å². The molecule has 7 nitrogen and oxygen atoms in total. The first-order valence-electron chi connectivity index (χ1n) is 6.30. The van der Waals surface area contributed by atoms with Gasteiger partial charge in [-0.3, -0.25) is 0 Å². The van der Waals surface area contributed by atoms with Crippen LogP contribution in [-0.4, -0.2) is 39.8 Å². The van der Waals surface area contributed by atoms with Gasteiger partial charge in [-0.25, -0.2) is 21.6 Å². The van der Waals surface area contributed by atoms with Crippen molar-refractivity contribution in [2.45, 2.75) is 30.4 Å². The van der Waals surface area contributed by atoms with Crippen LogP contribution in [0.15, 0.2) is 29.2 Å². The number of benzene rings is 1. The first-order valence-corrected chi connectivity index (χ1v) is 9.25. The largest absolute Gasteiger partial charge is 1.00 e. The molecule has 0 saturated carbocycles. The molecule has 0 aliphatic carbocycles. The van der Waals surface area contributed by atoms with Crippen LogP contribution in [0.3, 0.4) is 0 Å². The predicted molar refractivity (Wildman–Crippen MR) is 76.6 cm³/mol. The Kier molecular flexibility index (Phi) is 9.90. The molecular formula is C12H18KNO6S2. The van der Waals surface area contributed by atoms with Crippen molar-refractivity contribution in [2.75, 3.05) is 13.2 Å². The van der Waals surface area contributed by atoms with E-state index in [0.29, 0.717) is 12.2 Å². The number of nitrogens with one attached hydrogen (secondary N) is 1. The summed E-state index contributed by atoms with van der Waals surface area (Å²) in [5.74, 6) is 0.411. The first kappa shape index (κ1) is 22.5. The summed E-state index contributed by atoms with van der Waals surface area (Å²) >= 11 is 0. The van der Waals surface area contributed by atoms with Gasteiger partial charge >= 0.3 is 51.4 Å². The molecule has 0 spiro atoms. The fourth-order valence-electron chi connectivity index (χ4n) is 1.35. The molecule has 0 aliphatic heterocycles. The van der Waals surface area contributed by atoms with Gasteiger partial charge in [0.2, 0.25) is 10.0 Å². The molecule has 22 heavy (non-hydrogen) atoms. The third-order valence-corrected chi connectivity index (χ3v) is 5.32. The summed E-state index contributed by atoms with van der Waals surface area (Å²) in [5.41, 5.74) is 0. The Hall–Kier alpha value is 0.476. The molecule has 1 rings (SSSR count). The van der Waals surface area contributed by atoms with Crippen LogP contribution in [-0.2, 0) is 20.1 Å². The van der Waals surface area contributed by atoms with Gasteiger partial charge < -0.3 is 9.29 Å². The Balaban J connectivity index is 0.00000441. The molecule has 0 bridgehead atoms. The van der Waals surface area contributed by atoms with Crippen LogP contribution >= 0.6 is 0 Å². The van der Waals surface area contributed by atoms with Crippen LogP contribution in [0.25, 0.3) is 0 Å². The summed E-state index contributed by atoms with van der Waals surface area (Å²) in [6, 6.07) is 5.09. The van der Waals surface area contributed by atoms with Gasteiger partial charge in [0, 0.05) is 6.54 Å². The fourth-order valence-corrected chi connectivity index (χ4v) is 2.58. The van der Waals surface area contributed by atoms with Crippen molar-refractivity contribution < 1.29 is 77.5 Å². The van der Waals surface area contributed by atoms with Crippen molar-refractivity contribution >= 4 is 20.1 Å². The molecule has 120 valence electrons. The Morgan fingerprint density at radius 3 is 2.14 bits per heavy atom. The maximum atomic E-state index is 11.5. The number of hydrogen-bond donors (Lipinski definition) is 1. The zero-order valence-corrected chi connectivity index (χ0v) is 17.5. The summed E-state index contributed by atoms with van der Waals surface area (Å²) in [6.45, 7) is 3.70. The zero-order valence-electron chi connectivity index (χ0n) is 12.8. The van der Waals surface area contributed by atoms with E-state index in [-0.39, 0.29) is 69.4 Å². The molecular weight excluding hydrogens is 357 g/mol. The average Bonchev–Trinajstić information content (AvgIpc) is 2.37. The standard InChI is InChI=1S/C12H19NO6S2.K/c1-10(2)20(14,15)13-8-3-9-19-11-4-6-12(7-5-11)21(16,17)18;/h4-7,10,13H,3,8-9H2,1-2H3,(H,16,17,18);/q;+1/p-1. The van der Waals surface area contributed by atoms with Crippen molar-refractivity contribution in [3.8, 4) is 5.75 Å². The van der Waals surface area contributed by atoms with Gasteiger partial charge in [-0.2, -0.15) is 0 Å². The minimum Gasteiger partial charge on any atom is -0.744 e. The van der Waals surface area contributed by atoms with Crippen LogP contribution in [0, 0.1) is 0 Å². The minimum absolute atomic E-state index is 0. The summed E-state index contributed by atoms with van der Waals surface area (Å²) in [5, 5.41) is -0.486. The van der Waals surface area contributed by atoms with Gasteiger partial charge in [-0.05, 0) is 44.5 Å². The van der Waals surface area contributed by atoms with E-state index in [4.69, 9.17) is 4.74 Å². The van der Waals surface area contributed by atoms with Crippen LogP contribution < -0.4 is 60.8 Å². The normalized spacial score (nSPS) is 12.0. The Morgan fingerprint density at radius 2 is 1.68 bits per heavy atom. The second-order valence-electron chi connectivity index (χ2n) is 4.62. The van der Waals surface area contributed by atoms with Crippen LogP contribution in [0.1, 0.15) is 20.3 Å². The van der Waals surface area contributed by atoms with Gasteiger partial charge in [-0.15, -0.1) is 0 Å². The second-order valence-corrected chi connectivity index (χ2v) is 8.32. The summed E-state index contributed by atoms with van der Waals surface area (Å²) in [7, 11) is -7.73. The molecule has 0 aliphatic rings. The van der Waals surface area contributed by atoms with E-state index >= 15 is 0 Å². The number of hydrogen-bond acceptors (Lipinski definition) is 6. The topological polar surface area (TPSA) is 113 Å². The van der Waals surface area contributed by atoms with Gasteiger partial charge in [0.1, 0.15) is 15.9 Å². The Bertz CT molecular complexity index is 655. The summed E-state index contributed by atoms with van der Waals surface area (Å²) in [4.78, 5) is -0.320. The summed E-state index contributed by atoms with van der Waals surface area (Å²) in [6.07, 6.45) is 0.466. The number of rotatable bonds is 8. The molecule has 1 aromatic rings. The van der Waals surface area contributed by atoms with Crippen molar-refractivity contribution in [3.63, 3.8) is 0 Å². The Morgan fingerprint density at radius 1 is 1.14 bits per heavy atom. The Labute approximate surface area is 174 Å². The van der Waals surface area contributed by atoms with Gasteiger partial charge in [0.15, 0.2) is 0 Å². The average molecular weight is 376 g/mol. The molecule has 0 aromatic heterocycles. The van der Waals surface area contributed by atoms with Gasteiger partial charge in [-0.1, -0.05) is 0 Å². The SMILES string of the molecule is CC(C)S(=O)(=O)NCCCOc1ccc(S(=O)(=O)[O-])cc1.[K+]. The molecule has 0 unspecified atom stereocenters. The molecule has 0 atom stereocenters. The smallest absolute Gasteiger partial charge is 0.744 e. The van der Waals surface area contributed by atoms with Gasteiger partial charge in [0.05, 0.1) is 16.8 Å². The van der Waals surface area contributed by atoms with Crippen LogP contribution in [0.4, 0.5) is 0 Å². The van der Waals surface area contributed by atoms with E-state index < -0.39 is 25.4 Å². The molecule has 0 amide bonds. The van der Waals surface area contributed by atoms with E-state index in [1.807, 2.05) is 0 Å². The summed E-state index contributed by atoms with van der Waals surface area (Å²) < 4.78 is 62.9. The van der Waals surface area contributed by atoms with Crippen molar-refractivity contribution in [1.82, 2.24) is 4.72 Å². The zero-order chi connectivity index (χ0) is 16.1.